The summed E-state index contributed by atoms with van der Waals surface area (Å²) in [6, 6.07) is 17.6. The van der Waals surface area contributed by atoms with E-state index in [1.807, 2.05) is 96.1 Å². The van der Waals surface area contributed by atoms with Gasteiger partial charge in [0.15, 0.2) is 0 Å². The number of hydrogen-bond donors (Lipinski definition) is 1. The summed E-state index contributed by atoms with van der Waals surface area (Å²) in [4.78, 5) is 12.3. The highest BCUT2D eigenvalue weighted by Crippen LogP contribution is 2.51. The fraction of sp³-hybridized carbons (Fsp3) is 0.435. The Kier molecular flexibility index (Phi) is 6.43. The summed E-state index contributed by atoms with van der Waals surface area (Å²) >= 11 is 0. The molecule has 0 saturated heterocycles. The minimum Gasteiger partial charge on any atom is -0.307 e. The molecule has 0 spiro atoms. The Labute approximate surface area is 164 Å². The maximum atomic E-state index is 16.3. The van der Waals surface area contributed by atoms with Crippen LogP contribution in [0.4, 0.5) is 4.11 Å². The van der Waals surface area contributed by atoms with E-state index in [1.54, 1.807) is 5.32 Å². The number of rotatable bonds is 5. The summed E-state index contributed by atoms with van der Waals surface area (Å²) < 4.78 is 16.3. The van der Waals surface area contributed by atoms with E-state index in [2.05, 4.69) is 0 Å². The maximum Gasteiger partial charge on any atom is 0.315 e. The number of carbonyl (C=O) groups is 1. The van der Waals surface area contributed by atoms with Gasteiger partial charge in [0.25, 0.3) is 8.41 Å². The van der Waals surface area contributed by atoms with Crippen LogP contribution >= 0.6 is 0 Å². The molecule has 0 bridgehead atoms. The lowest BCUT2D eigenvalue weighted by Gasteiger charge is -2.44. The molecule has 2 N–H and O–H groups in total. The summed E-state index contributed by atoms with van der Waals surface area (Å²) in [6.45, 7) is 12.6. The lowest BCUT2D eigenvalue weighted by Crippen LogP contribution is -2.87. The Morgan fingerprint density at radius 3 is 1.85 bits per heavy atom. The lowest BCUT2D eigenvalue weighted by atomic mass is 10.1. The van der Waals surface area contributed by atoms with Gasteiger partial charge in [-0.05, 0) is 20.8 Å². The zero-order chi connectivity index (χ0) is 20.3. The average Bonchev–Trinajstić information content (AvgIpc) is 2.59. The van der Waals surface area contributed by atoms with Gasteiger partial charge in [0.2, 0.25) is 0 Å². The highest BCUT2D eigenvalue weighted by molar-refractivity contribution is 6.90. The van der Waals surface area contributed by atoms with Gasteiger partial charge < -0.3 is 4.11 Å². The van der Waals surface area contributed by atoms with Crippen LogP contribution in [0.15, 0.2) is 54.6 Å². The predicted molar refractivity (Wildman–Crippen MR) is 113 cm³/mol. The number of amides is 1. The van der Waals surface area contributed by atoms with Crippen molar-refractivity contribution in [2.45, 2.75) is 64.6 Å². The first-order valence-corrected chi connectivity index (χ1v) is 11.5. The molecule has 0 aromatic heterocycles. The lowest BCUT2D eigenvalue weighted by molar-refractivity contribution is -0.584. The zero-order valence-corrected chi connectivity index (χ0v) is 18.5. The standard InChI is InChI=1S/C23H32FNOSi/c1-22(2,3)27(24,23(4,5)6)20-14-12-18(13-15-20)16-21(26)25-17-19-10-8-7-9-11-19/h7-15H,16-17H2,1-6H3,(H,25,26)/p+1. The Morgan fingerprint density at radius 1 is 0.852 bits per heavy atom. The first kappa shape index (κ1) is 21.5. The van der Waals surface area contributed by atoms with Gasteiger partial charge in [-0.2, -0.15) is 0 Å². The molecule has 0 unspecified atom stereocenters. The van der Waals surface area contributed by atoms with Crippen molar-refractivity contribution in [1.29, 1.82) is 0 Å². The summed E-state index contributed by atoms with van der Waals surface area (Å²) in [6.07, 6.45) is 0.360. The summed E-state index contributed by atoms with van der Waals surface area (Å²) in [5.41, 5.74) is 2.07. The van der Waals surface area contributed by atoms with E-state index < -0.39 is 18.5 Å². The average molecular weight is 387 g/mol. The van der Waals surface area contributed by atoms with Crippen LogP contribution in [0.5, 0.6) is 0 Å². The molecule has 0 radical (unpaired) electrons. The fourth-order valence-corrected chi connectivity index (χ4v) is 8.57. The van der Waals surface area contributed by atoms with Crippen molar-refractivity contribution in [3.63, 3.8) is 0 Å². The summed E-state index contributed by atoms with van der Waals surface area (Å²) in [5.74, 6) is 0.0991. The molecule has 2 aromatic rings. The van der Waals surface area contributed by atoms with Crippen molar-refractivity contribution in [3.05, 3.63) is 65.7 Å². The van der Waals surface area contributed by atoms with Crippen molar-refractivity contribution in [2.24, 2.45) is 0 Å². The molecule has 2 aromatic carbocycles. The smallest absolute Gasteiger partial charge is 0.307 e. The van der Waals surface area contributed by atoms with E-state index in [0.29, 0.717) is 13.0 Å². The number of carbonyl (C=O) groups excluding carboxylic acids is 1. The molecule has 27 heavy (non-hydrogen) atoms. The largest absolute Gasteiger partial charge is 0.315 e. The van der Waals surface area contributed by atoms with Crippen molar-refractivity contribution in [3.8, 4) is 0 Å². The predicted octanol–water partition coefficient (Wildman–Crippen LogP) is 4.24. The molecular formula is C23H33FNOSi+. The van der Waals surface area contributed by atoms with Crippen molar-refractivity contribution in [2.75, 3.05) is 0 Å². The second kappa shape index (κ2) is 8.07. The number of primary amides is 1. The molecule has 146 valence electrons. The Bertz CT molecular complexity index is 744. The minimum absolute atomic E-state index is 0.0991. The Morgan fingerprint density at radius 2 is 1.37 bits per heavy atom. The van der Waals surface area contributed by atoms with Crippen LogP contribution in [0.3, 0.4) is 0 Å². The van der Waals surface area contributed by atoms with Gasteiger partial charge in [-0.25, -0.2) is 4.79 Å². The molecule has 0 heterocycles. The van der Waals surface area contributed by atoms with Crippen LogP contribution < -0.4 is 10.5 Å². The molecule has 1 amide bonds. The molecule has 2 rings (SSSR count). The first-order chi connectivity index (χ1) is 12.4. The van der Waals surface area contributed by atoms with Crippen LogP contribution in [0.1, 0.15) is 52.7 Å². The topological polar surface area (TPSA) is 33.7 Å². The van der Waals surface area contributed by atoms with Crippen LogP contribution in [0.2, 0.25) is 10.1 Å². The van der Waals surface area contributed by atoms with Gasteiger partial charge in [-0.1, -0.05) is 96.1 Å². The van der Waals surface area contributed by atoms with Gasteiger partial charge >= 0.3 is 5.91 Å². The van der Waals surface area contributed by atoms with Gasteiger partial charge in [0.1, 0.15) is 6.54 Å². The third kappa shape index (κ3) is 4.93. The van der Waals surface area contributed by atoms with Crippen molar-refractivity contribution >= 4 is 19.5 Å². The number of nitrogens with two attached hydrogens (primary N) is 1. The second-order valence-electron chi connectivity index (χ2n) is 9.39. The van der Waals surface area contributed by atoms with Crippen LogP contribution in [0.25, 0.3) is 0 Å². The Balaban J connectivity index is 2.09. The molecular weight excluding hydrogens is 353 g/mol. The van der Waals surface area contributed by atoms with E-state index in [9.17, 15) is 4.79 Å². The van der Waals surface area contributed by atoms with Gasteiger partial charge in [0, 0.05) is 5.56 Å². The molecule has 4 heteroatoms. The SMILES string of the molecule is CC(C)(C)[Si](F)(c1ccc(CC(=O)[NH2+]Cc2ccccc2)cc1)C(C)(C)C. The molecule has 0 aliphatic heterocycles. The highest BCUT2D eigenvalue weighted by atomic mass is 28.4. The van der Waals surface area contributed by atoms with E-state index in [0.717, 1.165) is 16.3 Å². The molecule has 0 saturated carbocycles. The van der Waals surface area contributed by atoms with Crippen molar-refractivity contribution in [1.82, 2.24) is 0 Å². The molecule has 2 nitrogen and oxygen atoms in total. The van der Waals surface area contributed by atoms with Gasteiger partial charge in [0.05, 0.1) is 6.42 Å². The Hall–Kier alpha value is -1.78. The first-order valence-electron chi connectivity index (χ1n) is 9.63. The van der Waals surface area contributed by atoms with Crippen LogP contribution in [0, 0.1) is 0 Å². The van der Waals surface area contributed by atoms with E-state index >= 15 is 4.11 Å². The van der Waals surface area contributed by atoms with Gasteiger partial charge in [-0.15, -0.1) is 0 Å². The van der Waals surface area contributed by atoms with Crippen molar-refractivity contribution < 1.29 is 14.2 Å². The quantitative estimate of drug-likeness (QED) is 0.605. The molecule has 0 aliphatic rings. The zero-order valence-electron chi connectivity index (χ0n) is 17.5. The van der Waals surface area contributed by atoms with E-state index in [1.165, 1.54) is 0 Å². The van der Waals surface area contributed by atoms with Crippen LogP contribution in [-0.4, -0.2) is 14.3 Å². The van der Waals surface area contributed by atoms with E-state index in [-0.39, 0.29) is 5.91 Å². The molecule has 0 fully saturated rings. The number of quaternary nitrogens is 1. The number of hydrogen-bond acceptors (Lipinski definition) is 1. The summed E-state index contributed by atoms with van der Waals surface area (Å²) in [7, 11) is -3.24. The normalized spacial score (nSPS) is 12.9. The van der Waals surface area contributed by atoms with E-state index in [4.69, 9.17) is 0 Å². The van der Waals surface area contributed by atoms with Crippen LogP contribution in [-0.2, 0) is 17.8 Å². The van der Waals surface area contributed by atoms with Gasteiger partial charge in [-0.3, -0.25) is 5.32 Å². The second-order valence-corrected chi connectivity index (χ2v) is 14.3. The summed E-state index contributed by atoms with van der Waals surface area (Å²) in [5, 5.41) is 1.76. The fourth-order valence-electron chi connectivity index (χ4n) is 3.96. The number of halogens is 1. The number of benzene rings is 2. The molecule has 0 atom stereocenters. The monoisotopic (exact) mass is 386 g/mol. The maximum absolute atomic E-state index is 16.3. The minimum atomic E-state index is -3.24. The molecule has 0 aliphatic carbocycles. The third-order valence-electron chi connectivity index (χ3n) is 5.21. The highest BCUT2D eigenvalue weighted by Gasteiger charge is 2.56. The third-order valence-corrected chi connectivity index (χ3v) is 10.5.